The van der Waals surface area contributed by atoms with Gasteiger partial charge in [0, 0.05) is 23.8 Å². The van der Waals surface area contributed by atoms with Crippen LogP contribution in [0, 0.1) is 5.92 Å². The first-order chi connectivity index (χ1) is 12.8. The topological polar surface area (TPSA) is 17.0 Å². The van der Waals surface area contributed by atoms with Crippen LogP contribution in [0.2, 0.25) is 5.02 Å². The van der Waals surface area contributed by atoms with Crippen molar-refractivity contribution >= 4 is 33.2 Å². The largest absolute Gasteiger partial charge is 0.342 e. The fourth-order valence-corrected chi connectivity index (χ4v) is 5.09. The van der Waals surface area contributed by atoms with E-state index in [2.05, 4.69) is 39.5 Å². The minimum Gasteiger partial charge on any atom is -0.342 e. The molecule has 1 fully saturated rings. The Kier molecular flexibility index (Phi) is 5.98. The van der Waals surface area contributed by atoms with Crippen LogP contribution in [0.15, 0.2) is 41.8 Å². The van der Waals surface area contributed by atoms with Crippen molar-refractivity contribution < 1.29 is 0 Å². The summed E-state index contributed by atoms with van der Waals surface area (Å²) in [5, 5.41) is 6.67. The second kappa shape index (κ2) is 8.60. The predicted octanol–water partition coefficient (Wildman–Crippen LogP) is 6.27. The van der Waals surface area contributed by atoms with Crippen LogP contribution in [0.25, 0.3) is 10.2 Å². The Labute approximate surface area is 165 Å². The number of hydrogen-bond donors (Lipinski definition) is 1. The molecule has 138 valence electrons. The third-order valence-electron chi connectivity index (χ3n) is 5.58. The van der Waals surface area contributed by atoms with Crippen molar-refractivity contribution in [1.82, 2.24) is 9.88 Å². The Morgan fingerprint density at radius 1 is 1.08 bits per heavy atom. The van der Waals surface area contributed by atoms with Gasteiger partial charge in [0.2, 0.25) is 0 Å². The van der Waals surface area contributed by atoms with Gasteiger partial charge in [0.15, 0.2) is 0 Å². The minimum absolute atomic E-state index is 0.808. The number of nitrogens with one attached hydrogen (secondary N) is 1. The van der Waals surface area contributed by atoms with E-state index in [0.717, 1.165) is 30.5 Å². The second-order valence-corrected chi connectivity index (χ2v) is 8.86. The smallest absolute Gasteiger partial charge is 0.0592 e. The van der Waals surface area contributed by atoms with E-state index < -0.39 is 0 Å². The van der Waals surface area contributed by atoms with Gasteiger partial charge < -0.3 is 9.88 Å². The Morgan fingerprint density at radius 3 is 2.69 bits per heavy atom. The molecule has 3 aromatic rings. The quantitative estimate of drug-likeness (QED) is 0.473. The van der Waals surface area contributed by atoms with Crippen molar-refractivity contribution in [2.45, 2.75) is 51.6 Å². The number of rotatable bonds is 7. The van der Waals surface area contributed by atoms with Crippen molar-refractivity contribution in [2.75, 3.05) is 6.54 Å². The van der Waals surface area contributed by atoms with E-state index >= 15 is 0 Å². The van der Waals surface area contributed by atoms with Crippen LogP contribution in [0.5, 0.6) is 0 Å². The van der Waals surface area contributed by atoms with Crippen LogP contribution in [-0.2, 0) is 19.5 Å². The molecule has 2 aromatic heterocycles. The minimum atomic E-state index is 0.808. The average Bonchev–Trinajstić information content (AvgIpc) is 3.24. The van der Waals surface area contributed by atoms with Crippen molar-refractivity contribution in [2.24, 2.45) is 5.92 Å². The Hall–Kier alpha value is -1.29. The molecule has 4 rings (SSSR count). The van der Waals surface area contributed by atoms with E-state index in [-0.39, 0.29) is 0 Å². The van der Waals surface area contributed by atoms with E-state index in [4.69, 9.17) is 11.6 Å². The summed E-state index contributed by atoms with van der Waals surface area (Å²) in [5.74, 6) is 0.854. The molecule has 0 amide bonds. The summed E-state index contributed by atoms with van der Waals surface area (Å²) in [4.78, 5) is 0. The van der Waals surface area contributed by atoms with Gasteiger partial charge in [-0.2, -0.15) is 0 Å². The molecular formula is C22H27ClN2S. The van der Waals surface area contributed by atoms with Crippen LogP contribution in [0.3, 0.4) is 0 Å². The van der Waals surface area contributed by atoms with Crippen LogP contribution in [0.4, 0.5) is 0 Å². The first kappa shape index (κ1) is 18.1. The molecule has 0 spiro atoms. The van der Waals surface area contributed by atoms with Crippen molar-refractivity contribution in [3.05, 3.63) is 58.1 Å². The highest BCUT2D eigenvalue weighted by molar-refractivity contribution is 7.17. The molecule has 0 bridgehead atoms. The molecule has 1 N–H and O–H groups in total. The summed E-state index contributed by atoms with van der Waals surface area (Å²) in [7, 11) is 0. The van der Waals surface area contributed by atoms with Gasteiger partial charge in [-0.3, -0.25) is 0 Å². The SMILES string of the molecule is Clc1ccc(CCNCc2cc3sccc3n2CC2CCCCC2)cc1. The fraction of sp³-hybridized carbons (Fsp3) is 0.455. The van der Waals surface area contributed by atoms with Gasteiger partial charge in [-0.25, -0.2) is 0 Å². The molecule has 1 saturated carbocycles. The van der Waals surface area contributed by atoms with Gasteiger partial charge in [0.1, 0.15) is 0 Å². The van der Waals surface area contributed by atoms with E-state index in [0.29, 0.717) is 0 Å². The molecule has 0 radical (unpaired) electrons. The predicted molar refractivity (Wildman–Crippen MR) is 113 cm³/mol. The number of benzene rings is 1. The maximum absolute atomic E-state index is 5.96. The lowest BCUT2D eigenvalue weighted by atomic mass is 9.89. The van der Waals surface area contributed by atoms with Gasteiger partial charge >= 0.3 is 0 Å². The van der Waals surface area contributed by atoms with Crippen LogP contribution >= 0.6 is 22.9 Å². The summed E-state index contributed by atoms with van der Waals surface area (Å²) in [6, 6.07) is 12.9. The molecular weight excluding hydrogens is 360 g/mol. The van der Waals surface area contributed by atoms with E-state index in [1.54, 1.807) is 0 Å². The number of nitrogens with zero attached hydrogens (tertiary/aromatic N) is 1. The lowest BCUT2D eigenvalue weighted by Gasteiger charge is -2.23. The number of halogens is 1. The Bertz CT molecular complexity index is 828. The van der Waals surface area contributed by atoms with Gasteiger partial charge in [-0.05, 0) is 66.9 Å². The zero-order chi connectivity index (χ0) is 17.8. The highest BCUT2D eigenvalue weighted by atomic mass is 35.5. The Morgan fingerprint density at radius 2 is 1.88 bits per heavy atom. The maximum Gasteiger partial charge on any atom is 0.0592 e. The zero-order valence-electron chi connectivity index (χ0n) is 15.2. The van der Waals surface area contributed by atoms with Gasteiger partial charge in [-0.1, -0.05) is 43.0 Å². The molecule has 26 heavy (non-hydrogen) atoms. The summed E-state index contributed by atoms with van der Waals surface area (Å²) in [6.45, 7) is 3.13. The molecule has 0 unspecified atom stereocenters. The standard InChI is InChI=1S/C22H27ClN2S/c23-19-8-6-17(7-9-19)10-12-24-15-20-14-22-21(11-13-26-22)25(20)16-18-4-2-1-3-5-18/h6-9,11,13-14,18,24H,1-5,10,12,15-16H2. The van der Waals surface area contributed by atoms with Crippen molar-refractivity contribution in [3.8, 4) is 0 Å². The lowest BCUT2D eigenvalue weighted by molar-refractivity contribution is 0.319. The summed E-state index contributed by atoms with van der Waals surface area (Å²) in [6.07, 6.45) is 8.07. The highest BCUT2D eigenvalue weighted by Crippen LogP contribution is 2.30. The van der Waals surface area contributed by atoms with E-state index in [1.165, 1.54) is 60.1 Å². The molecule has 0 aliphatic heterocycles. The van der Waals surface area contributed by atoms with Gasteiger partial charge in [-0.15, -0.1) is 11.3 Å². The molecule has 0 saturated heterocycles. The second-order valence-electron chi connectivity index (χ2n) is 7.47. The monoisotopic (exact) mass is 386 g/mol. The zero-order valence-corrected chi connectivity index (χ0v) is 16.8. The maximum atomic E-state index is 5.96. The molecule has 1 aromatic carbocycles. The Balaban J connectivity index is 1.38. The van der Waals surface area contributed by atoms with Crippen molar-refractivity contribution in [3.63, 3.8) is 0 Å². The average molecular weight is 387 g/mol. The van der Waals surface area contributed by atoms with Crippen LogP contribution in [0.1, 0.15) is 43.4 Å². The van der Waals surface area contributed by atoms with Crippen molar-refractivity contribution in [1.29, 1.82) is 0 Å². The highest BCUT2D eigenvalue weighted by Gasteiger charge is 2.17. The third-order valence-corrected chi connectivity index (χ3v) is 6.69. The summed E-state index contributed by atoms with van der Waals surface area (Å²) in [5.41, 5.74) is 4.20. The van der Waals surface area contributed by atoms with E-state index in [1.807, 2.05) is 23.5 Å². The number of hydrogen-bond acceptors (Lipinski definition) is 2. The summed E-state index contributed by atoms with van der Waals surface area (Å²) >= 11 is 7.82. The van der Waals surface area contributed by atoms with Crippen LogP contribution < -0.4 is 5.32 Å². The summed E-state index contributed by atoms with van der Waals surface area (Å²) < 4.78 is 4.01. The normalized spacial score (nSPS) is 15.7. The molecule has 2 nitrogen and oxygen atoms in total. The fourth-order valence-electron chi connectivity index (χ4n) is 4.12. The molecule has 1 aliphatic rings. The first-order valence-corrected chi connectivity index (χ1v) is 11.1. The first-order valence-electron chi connectivity index (χ1n) is 9.80. The van der Waals surface area contributed by atoms with Gasteiger partial charge in [0.05, 0.1) is 10.2 Å². The van der Waals surface area contributed by atoms with Gasteiger partial charge in [0.25, 0.3) is 0 Å². The van der Waals surface area contributed by atoms with Crippen LogP contribution in [-0.4, -0.2) is 11.1 Å². The third kappa shape index (κ3) is 4.33. The lowest BCUT2D eigenvalue weighted by Crippen LogP contribution is -2.21. The molecule has 1 aliphatic carbocycles. The number of thiophene rings is 1. The number of aromatic nitrogens is 1. The molecule has 4 heteroatoms. The molecule has 2 heterocycles. The van der Waals surface area contributed by atoms with E-state index in [9.17, 15) is 0 Å². The molecule has 0 atom stereocenters. The number of fused-ring (bicyclic) bond motifs is 1.